The van der Waals surface area contributed by atoms with Gasteiger partial charge in [-0.2, -0.15) is 5.26 Å². The summed E-state index contributed by atoms with van der Waals surface area (Å²) >= 11 is 5.98. The third-order valence-corrected chi connectivity index (χ3v) is 3.01. The number of hydrogen-bond donors (Lipinski definition) is 2. The second-order valence-electron chi connectivity index (χ2n) is 4.68. The molecule has 0 aliphatic carbocycles. The van der Waals surface area contributed by atoms with Crippen LogP contribution in [-0.2, 0) is 4.79 Å². The number of anilines is 1. The van der Waals surface area contributed by atoms with E-state index in [2.05, 4.69) is 10.3 Å². The van der Waals surface area contributed by atoms with Crippen LogP contribution in [0.15, 0.2) is 12.3 Å². The van der Waals surface area contributed by atoms with Crippen molar-refractivity contribution in [2.45, 2.75) is 20.3 Å². The molecule has 0 spiro atoms. The standard InChI is InChI=1S/C13H16ClN3O2/c1-8(2)5-10(13(18)19)7-17-12-11(14)9(6-15)3-4-16-12/h3-4,8,10H,5,7H2,1-2H3,(H,16,17)(H,18,19). The first-order valence-electron chi connectivity index (χ1n) is 5.97. The van der Waals surface area contributed by atoms with Crippen LogP contribution < -0.4 is 5.32 Å². The van der Waals surface area contributed by atoms with Crippen LogP contribution in [0.2, 0.25) is 5.02 Å². The largest absolute Gasteiger partial charge is 0.481 e. The average molecular weight is 282 g/mol. The highest BCUT2D eigenvalue weighted by atomic mass is 35.5. The maximum atomic E-state index is 11.1. The first kappa shape index (κ1) is 15.3. The van der Waals surface area contributed by atoms with Crippen LogP contribution in [0.5, 0.6) is 0 Å². The van der Waals surface area contributed by atoms with Gasteiger partial charge in [0.25, 0.3) is 0 Å². The van der Waals surface area contributed by atoms with Gasteiger partial charge in [-0.1, -0.05) is 25.4 Å². The van der Waals surface area contributed by atoms with Gasteiger partial charge in [0.2, 0.25) is 0 Å². The normalized spacial score (nSPS) is 11.9. The van der Waals surface area contributed by atoms with Gasteiger partial charge in [0.1, 0.15) is 16.9 Å². The fourth-order valence-corrected chi connectivity index (χ4v) is 1.93. The lowest BCUT2D eigenvalue weighted by molar-refractivity contribution is -0.141. The molecule has 1 unspecified atom stereocenters. The Bertz CT molecular complexity index is 497. The Morgan fingerprint density at radius 2 is 2.32 bits per heavy atom. The van der Waals surface area contributed by atoms with Crippen molar-refractivity contribution in [3.8, 4) is 6.07 Å². The van der Waals surface area contributed by atoms with Crippen molar-refractivity contribution >= 4 is 23.4 Å². The van der Waals surface area contributed by atoms with E-state index < -0.39 is 11.9 Å². The van der Waals surface area contributed by atoms with E-state index in [-0.39, 0.29) is 17.5 Å². The van der Waals surface area contributed by atoms with Crippen LogP contribution in [0.1, 0.15) is 25.8 Å². The van der Waals surface area contributed by atoms with E-state index in [4.69, 9.17) is 22.0 Å². The summed E-state index contributed by atoms with van der Waals surface area (Å²) in [7, 11) is 0. The first-order chi connectivity index (χ1) is 8.95. The molecule has 0 aliphatic rings. The number of nitrogens with one attached hydrogen (secondary N) is 1. The first-order valence-corrected chi connectivity index (χ1v) is 6.34. The predicted octanol–water partition coefficient (Wildman–Crippen LogP) is 2.77. The van der Waals surface area contributed by atoms with Gasteiger partial charge in [-0.15, -0.1) is 0 Å². The number of rotatable bonds is 6. The number of carbonyl (C=O) groups is 1. The molecule has 102 valence electrons. The highest BCUT2D eigenvalue weighted by Gasteiger charge is 2.19. The van der Waals surface area contributed by atoms with Crippen LogP contribution >= 0.6 is 11.6 Å². The van der Waals surface area contributed by atoms with E-state index in [1.807, 2.05) is 19.9 Å². The molecule has 1 heterocycles. The number of aromatic nitrogens is 1. The number of carboxylic acids is 1. The summed E-state index contributed by atoms with van der Waals surface area (Å²) in [5.74, 6) is -0.732. The van der Waals surface area contributed by atoms with E-state index in [0.717, 1.165) is 0 Å². The maximum absolute atomic E-state index is 11.1. The second kappa shape index (κ2) is 6.95. The molecule has 1 atom stereocenters. The van der Waals surface area contributed by atoms with Gasteiger partial charge in [0, 0.05) is 12.7 Å². The molecule has 0 aliphatic heterocycles. The predicted molar refractivity (Wildman–Crippen MR) is 73.0 cm³/mol. The fourth-order valence-electron chi connectivity index (χ4n) is 1.71. The van der Waals surface area contributed by atoms with Crippen LogP contribution in [0.3, 0.4) is 0 Å². The summed E-state index contributed by atoms with van der Waals surface area (Å²) in [4.78, 5) is 15.1. The fraction of sp³-hybridized carbons (Fsp3) is 0.462. The van der Waals surface area contributed by atoms with Crippen molar-refractivity contribution in [2.75, 3.05) is 11.9 Å². The van der Waals surface area contributed by atoms with E-state index in [0.29, 0.717) is 17.8 Å². The average Bonchev–Trinajstić information content (AvgIpc) is 2.35. The molecule has 0 saturated carbocycles. The van der Waals surface area contributed by atoms with Crippen molar-refractivity contribution in [2.24, 2.45) is 11.8 Å². The van der Waals surface area contributed by atoms with Gasteiger partial charge in [-0.05, 0) is 18.4 Å². The molecule has 0 aromatic carbocycles. The maximum Gasteiger partial charge on any atom is 0.308 e. The SMILES string of the molecule is CC(C)CC(CNc1nccc(C#N)c1Cl)C(=O)O. The molecule has 19 heavy (non-hydrogen) atoms. The van der Waals surface area contributed by atoms with Gasteiger partial charge in [-0.25, -0.2) is 4.98 Å². The lowest BCUT2D eigenvalue weighted by Crippen LogP contribution is -2.24. The number of nitriles is 1. The molecule has 0 bridgehead atoms. The van der Waals surface area contributed by atoms with Gasteiger partial charge in [-0.3, -0.25) is 4.79 Å². The molecule has 0 fully saturated rings. The molecular weight excluding hydrogens is 266 g/mol. The van der Waals surface area contributed by atoms with Gasteiger partial charge >= 0.3 is 5.97 Å². The monoisotopic (exact) mass is 281 g/mol. The van der Waals surface area contributed by atoms with Crippen LogP contribution in [0.25, 0.3) is 0 Å². The van der Waals surface area contributed by atoms with E-state index >= 15 is 0 Å². The third kappa shape index (κ3) is 4.42. The zero-order valence-corrected chi connectivity index (χ0v) is 11.6. The van der Waals surface area contributed by atoms with Crippen LogP contribution in [0.4, 0.5) is 5.82 Å². The van der Waals surface area contributed by atoms with Crippen molar-refractivity contribution in [1.82, 2.24) is 4.98 Å². The van der Waals surface area contributed by atoms with Gasteiger partial charge < -0.3 is 10.4 Å². The summed E-state index contributed by atoms with van der Waals surface area (Å²) in [6, 6.07) is 3.46. The lowest BCUT2D eigenvalue weighted by atomic mass is 9.97. The Labute approximate surface area is 117 Å². The van der Waals surface area contributed by atoms with Crippen LogP contribution in [0, 0.1) is 23.2 Å². The number of nitrogens with zero attached hydrogens (tertiary/aromatic N) is 2. The molecule has 1 aromatic rings. The topological polar surface area (TPSA) is 86.0 Å². The number of aliphatic carboxylic acids is 1. The Morgan fingerprint density at radius 3 is 2.84 bits per heavy atom. The number of pyridine rings is 1. The third-order valence-electron chi connectivity index (χ3n) is 2.63. The smallest absolute Gasteiger partial charge is 0.308 e. The Kier molecular flexibility index (Phi) is 5.58. The molecule has 6 heteroatoms. The molecule has 0 saturated heterocycles. The molecule has 1 rings (SSSR count). The summed E-state index contributed by atoms with van der Waals surface area (Å²) in [5, 5.41) is 21.1. The molecule has 0 radical (unpaired) electrons. The van der Waals surface area contributed by atoms with E-state index in [1.165, 1.54) is 12.3 Å². The summed E-state index contributed by atoms with van der Waals surface area (Å²) in [6.07, 6.45) is 2.03. The van der Waals surface area contributed by atoms with Crippen molar-refractivity contribution < 1.29 is 9.90 Å². The minimum absolute atomic E-state index is 0.221. The minimum atomic E-state index is -0.853. The summed E-state index contributed by atoms with van der Waals surface area (Å²) in [5.41, 5.74) is 0.315. The van der Waals surface area contributed by atoms with Crippen LogP contribution in [-0.4, -0.2) is 22.6 Å². The summed E-state index contributed by atoms with van der Waals surface area (Å²) < 4.78 is 0. The highest BCUT2D eigenvalue weighted by Crippen LogP contribution is 2.23. The highest BCUT2D eigenvalue weighted by molar-refractivity contribution is 6.34. The van der Waals surface area contributed by atoms with Gasteiger partial charge in [0.15, 0.2) is 0 Å². The number of hydrogen-bond acceptors (Lipinski definition) is 4. The number of halogens is 1. The van der Waals surface area contributed by atoms with Gasteiger partial charge in [0.05, 0.1) is 11.5 Å². The quantitative estimate of drug-likeness (QED) is 0.837. The van der Waals surface area contributed by atoms with E-state index in [9.17, 15) is 4.79 Å². The number of carboxylic acid groups (broad SMARTS) is 1. The lowest BCUT2D eigenvalue weighted by Gasteiger charge is -2.16. The summed E-state index contributed by atoms with van der Waals surface area (Å²) in [6.45, 7) is 4.17. The van der Waals surface area contributed by atoms with E-state index in [1.54, 1.807) is 0 Å². The zero-order valence-electron chi connectivity index (χ0n) is 10.9. The Morgan fingerprint density at radius 1 is 1.63 bits per heavy atom. The van der Waals surface area contributed by atoms with Crippen molar-refractivity contribution in [1.29, 1.82) is 5.26 Å². The molecule has 2 N–H and O–H groups in total. The molecule has 0 amide bonds. The Hall–Kier alpha value is -1.80. The Balaban J connectivity index is 2.75. The molecule has 5 nitrogen and oxygen atoms in total. The molecule has 1 aromatic heterocycles. The zero-order chi connectivity index (χ0) is 14.4. The molecular formula is C13H16ClN3O2. The van der Waals surface area contributed by atoms with Crippen molar-refractivity contribution in [3.05, 3.63) is 22.8 Å². The van der Waals surface area contributed by atoms with Crippen molar-refractivity contribution in [3.63, 3.8) is 0 Å². The second-order valence-corrected chi connectivity index (χ2v) is 5.06. The minimum Gasteiger partial charge on any atom is -0.481 e.